The molecular formula is C18H17N3O3S. The predicted octanol–water partition coefficient (Wildman–Crippen LogP) is 1.66. The largest absolute Gasteiger partial charge is 0.349 e. The van der Waals surface area contributed by atoms with E-state index in [9.17, 15) is 13.2 Å². The van der Waals surface area contributed by atoms with E-state index in [2.05, 4.69) is 4.40 Å². The molecule has 0 N–H and O–H groups in total. The molecule has 0 saturated carbocycles. The lowest BCUT2D eigenvalue weighted by Gasteiger charge is -2.23. The Morgan fingerprint density at radius 3 is 2.72 bits per heavy atom. The number of hydrogen-bond acceptors (Lipinski definition) is 4. The Morgan fingerprint density at radius 2 is 1.88 bits per heavy atom. The minimum Gasteiger partial charge on any atom is -0.349 e. The Hall–Kier alpha value is -2.67. The van der Waals surface area contributed by atoms with Gasteiger partial charge in [0.15, 0.2) is 5.84 Å². The predicted molar refractivity (Wildman–Crippen MR) is 95.3 cm³/mol. The third kappa shape index (κ3) is 2.60. The lowest BCUT2D eigenvalue weighted by atomic mass is 10.2. The van der Waals surface area contributed by atoms with Gasteiger partial charge in [0.25, 0.3) is 10.0 Å². The number of amides is 1. The molecule has 25 heavy (non-hydrogen) atoms. The molecule has 0 radical (unpaired) electrons. The number of rotatable bonds is 2. The van der Waals surface area contributed by atoms with Gasteiger partial charge in [0.05, 0.1) is 6.54 Å². The average Bonchev–Trinajstić information content (AvgIpc) is 3.14. The number of sulfonamides is 1. The molecule has 0 atom stereocenters. The summed E-state index contributed by atoms with van der Waals surface area (Å²) in [4.78, 5) is 16.3. The molecule has 2 aliphatic rings. The van der Waals surface area contributed by atoms with E-state index in [4.69, 9.17) is 0 Å². The molecule has 0 fully saturated rings. The van der Waals surface area contributed by atoms with Crippen LogP contribution in [0.4, 0.5) is 5.69 Å². The first-order valence-electron chi connectivity index (χ1n) is 8.01. The topological polar surface area (TPSA) is 70.1 Å². The van der Waals surface area contributed by atoms with Crippen molar-refractivity contribution in [3.8, 4) is 0 Å². The van der Waals surface area contributed by atoms with Gasteiger partial charge < -0.3 is 9.80 Å². The maximum atomic E-state index is 12.7. The highest BCUT2D eigenvalue weighted by Gasteiger charge is 2.32. The van der Waals surface area contributed by atoms with Gasteiger partial charge in [-0.25, -0.2) is 0 Å². The van der Waals surface area contributed by atoms with Gasteiger partial charge in [0, 0.05) is 24.8 Å². The first kappa shape index (κ1) is 15.8. The molecule has 1 amide bonds. The zero-order chi connectivity index (χ0) is 17.6. The Labute approximate surface area is 146 Å². The summed E-state index contributed by atoms with van der Waals surface area (Å²) in [7, 11) is -1.99. The van der Waals surface area contributed by atoms with Crippen LogP contribution in [0.15, 0.2) is 57.8 Å². The molecule has 0 bridgehead atoms. The molecule has 6 nitrogen and oxygen atoms in total. The number of likely N-dealkylation sites (N-methyl/N-ethyl adjacent to an activating group) is 1. The minimum absolute atomic E-state index is 0.0665. The monoisotopic (exact) mass is 355 g/mol. The fourth-order valence-electron chi connectivity index (χ4n) is 3.32. The number of benzene rings is 2. The third-order valence-electron chi connectivity index (χ3n) is 4.53. The number of carbonyl (C=O) groups excluding carboxylic acids is 1. The summed E-state index contributed by atoms with van der Waals surface area (Å²) in [6.45, 7) is 0.713. The number of para-hydroxylation sites is 1. The van der Waals surface area contributed by atoms with Crippen molar-refractivity contribution in [2.24, 2.45) is 4.40 Å². The van der Waals surface area contributed by atoms with Crippen molar-refractivity contribution in [2.75, 3.05) is 25.0 Å². The average molecular weight is 355 g/mol. The Bertz CT molecular complexity index is 998. The standard InChI is InChI=1S/C18H17N3O3S/c1-20(18-14-7-3-5-9-16(14)25(23,24)19-18)12-17(22)21-11-10-13-6-2-4-8-15(13)21/h2-9H,10-12H2,1H3. The van der Waals surface area contributed by atoms with Gasteiger partial charge in [-0.2, -0.15) is 8.42 Å². The molecule has 0 saturated heterocycles. The van der Waals surface area contributed by atoms with E-state index in [-0.39, 0.29) is 17.3 Å². The summed E-state index contributed by atoms with van der Waals surface area (Å²) in [6.07, 6.45) is 0.837. The van der Waals surface area contributed by atoms with Crippen molar-refractivity contribution >= 4 is 27.5 Å². The summed E-state index contributed by atoms with van der Waals surface area (Å²) in [5, 5.41) is 0. The van der Waals surface area contributed by atoms with Gasteiger partial charge in [0.2, 0.25) is 5.91 Å². The Balaban J connectivity index is 1.58. The first-order chi connectivity index (χ1) is 12.0. The van der Waals surface area contributed by atoms with Gasteiger partial charge in [-0.1, -0.05) is 30.3 Å². The normalized spacial score (nSPS) is 17.0. The molecule has 2 aromatic rings. The van der Waals surface area contributed by atoms with Gasteiger partial charge >= 0.3 is 0 Å². The van der Waals surface area contributed by atoms with Crippen LogP contribution in [0.1, 0.15) is 11.1 Å². The highest BCUT2D eigenvalue weighted by atomic mass is 32.2. The number of hydrogen-bond donors (Lipinski definition) is 0. The van der Waals surface area contributed by atoms with E-state index in [0.717, 1.165) is 17.7 Å². The molecule has 0 aliphatic carbocycles. The van der Waals surface area contributed by atoms with Crippen molar-refractivity contribution in [2.45, 2.75) is 11.3 Å². The van der Waals surface area contributed by atoms with Crippen molar-refractivity contribution in [1.29, 1.82) is 0 Å². The van der Waals surface area contributed by atoms with Crippen molar-refractivity contribution in [3.63, 3.8) is 0 Å². The fourth-order valence-corrected chi connectivity index (χ4v) is 4.58. The first-order valence-corrected chi connectivity index (χ1v) is 9.45. The van der Waals surface area contributed by atoms with Crippen LogP contribution < -0.4 is 4.90 Å². The van der Waals surface area contributed by atoms with E-state index in [1.807, 2.05) is 24.3 Å². The molecule has 2 aliphatic heterocycles. The molecule has 128 valence electrons. The highest BCUT2D eigenvalue weighted by Crippen LogP contribution is 2.29. The summed E-state index contributed by atoms with van der Waals surface area (Å²) in [5.41, 5.74) is 2.63. The molecule has 2 heterocycles. The van der Waals surface area contributed by atoms with Crippen LogP contribution in [-0.4, -0.2) is 45.2 Å². The zero-order valence-electron chi connectivity index (χ0n) is 13.7. The van der Waals surface area contributed by atoms with Gasteiger partial charge in [-0.15, -0.1) is 4.40 Å². The Kier molecular flexibility index (Phi) is 3.61. The zero-order valence-corrected chi connectivity index (χ0v) is 14.5. The van der Waals surface area contributed by atoms with Gasteiger partial charge in [-0.05, 0) is 30.2 Å². The maximum absolute atomic E-state index is 12.7. The van der Waals surface area contributed by atoms with E-state index < -0.39 is 10.0 Å². The number of carbonyl (C=O) groups is 1. The Morgan fingerprint density at radius 1 is 1.16 bits per heavy atom. The van der Waals surface area contributed by atoms with Crippen LogP contribution in [0.25, 0.3) is 0 Å². The van der Waals surface area contributed by atoms with Crippen LogP contribution in [0.3, 0.4) is 0 Å². The van der Waals surface area contributed by atoms with Gasteiger partial charge in [-0.3, -0.25) is 4.79 Å². The van der Waals surface area contributed by atoms with Crippen LogP contribution in [0.2, 0.25) is 0 Å². The van der Waals surface area contributed by atoms with Crippen LogP contribution in [0, 0.1) is 0 Å². The molecule has 2 aromatic carbocycles. The quantitative estimate of drug-likeness (QED) is 0.821. The number of anilines is 1. The van der Waals surface area contributed by atoms with E-state index >= 15 is 0 Å². The number of amidine groups is 1. The summed E-state index contributed by atoms with van der Waals surface area (Å²) in [5.74, 6) is 0.244. The molecule has 4 rings (SSSR count). The third-order valence-corrected chi connectivity index (χ3v) is 5.86. The second-order valence-electron chi connectivity index (χ2n) is 6.17. The fraction of sp³-hybridized carbons (Fsp3) is 0.222. The maximum Gasteiger partial charge on any atom is 0.285 e. The molecular weight excluding hydrogens is 338 g/mol. The van der Waals surface area contributed by atoms with Crippen molar-refractivity contribution in [3.05, 3.63) is 59.7 Å². The van der Waals surface area contributed by atoms with Crippen LogP contribution in [0.5, 0.6) is 0 Å². The van der Waals surface area contributed by atoms with Crippen LogP contribution >= 0.6 is 0 Å². The lowest BCUT2D eigenvalue weighted by molar-refractivity contribution is -0.118. The summed E-state index contributed by atoms with van der Waals surface area (Å²) in [6, 6.07) is 14.5. The molecule has 0 spiro atoms. The second kappa shape index (κ2) is 5.70. The molecule has 0 aromatic heterocycles. The van der Waals surface area contributed by atoms with Gasteiger partial charge in [0.1, 0.15) is 4.90 Å². The van der Waals surface area contributed by atoms with E-state index in [1.165, 1.54) is 6.07 Å². The van der Waals surface area contributed by atoms with Crippen molar-refractivity contribution in [1.82, 2.24) is 4.90 Å². The van der Waals surface area contributed by atoms with E-state index in [0.29, 0.717) is 17.9 Å². The second-order valence-corrected chi connectivity index (χ2v) is 7.74. The van der Waals surface area contributed by atoms with Crippen LogP contribution in [-0.2, 0) is 21.2 Å². The minimum atomic E-state index is -3.68. The number of nitrogens with zero attached hydrogens (tertiary/aromatic N) is 3. The van der Waals surface area contributed by atoms with Crippen molar-refractivity contribution < 1.29 is 13.2 Å². The summed E-state index contributed by atoms with van der Waals surface area (Å²) < 4.78 is 28.2. The number of fused-ring (bicyclic) bond motifs is 2. The lowest BCUT2D eigenvalue weighted by Crippen LogP contribution is -2.40. The highest BCUT2D eigenvalue weighted by molar-refractivity contribution is 7.90. The SMILES string of the molecule is CN(CC(=O)N1CCc2ccccc21)C1=NS(=O)(=O)c2ccccc21. The molecule has 7 heteroatoms. The van der Waals surface area contributed by atoms with E-state index in [1.54, 1.807) is 35.0 Å². The smallest absolute Gasteiger partial charge is 0.285 e. The molecule has 0 unspecified atom stereocenters. The summed E-state index contributed by atoms with van der Waals surface area (Å²) >= 11 is 0.